The molecule has 7 heteroatoms. The Morgan fingerprint density at radius 1 is 1.25 bits per heavy atom. The van der Waals surface area contributed by atoms with Crippen LogP contribution in [0.3, 0.4) is 0 Å². The molecule has 3 aromatic rings. The topological polar surface area (TPSA) is 68.3 Å². The first-order valence-electron chi connectivity index (χ1n) is 9.10. The van der Waals surface area contributed by atoms with Crippen molar-refractivity contribution in [2.45, 2.75) is 32.7 Å². The molecule has 0 aliphatic rings. The monoisotopic (exact) mass is 416 g/mol. The third-order valence-electron chi connectivity index (χ3n) is 4.23. The summed E-state index contributed by atoms with van der Waals surface area (Å²) in [5, 5.41) is 3.50. The van der Waals surface area contributed by atoms with Crippen molar-refractivity contribution in [3.8, 4) is 10.6 Å². The van der Waals surface area contributed by atoms with Crippen molar-refractivity contribution in [3.63, 3.8) is 0 Å². The molecular formula is C21H21ClN2O3S. The largest absolute Gasteiger partial charge is 0.452 e. The molecule has 1 unspecified atom stereocenters. The van der Waals surface area contributed by atoms with Gasteiger partial charge in [0.2, 0.25) is 0 Å². The number of rotatable bonds is 7. The lowest BCUT2D eigenvalue weighted by Crippen LogP contribution is -2.35. The number of para-hydroxylation sites is 1. The molecule has 0 bridgehead atoms. The molecule has 0 aliphatic carbocycles. The molecule has 1 atom stereocenters. The predicted octanol–water partition coefficient (Wildman–Crippen LogP) is 5.08. The van der Waals surface area contributed by atoms with Crippen molar-refractivity contribution in [2.75, 3.05) is 6.61 Å². The minimum atomic E-state index is -0.555. The Bertz CT molecular complexity index is 1000. The number of esters is 1. The van der Waals surface area contributed by atoms with Crippen LogP contribution in [-0.2, 0) is 9.53 Å². The lowest BCUT2D eigenvalue weighted by molar-refractivity contribution is -0.124. The second kappa shape index (κ2) is 9.17. The number of carbonyl (C=O) groups is 2. The number of thiophene rings is 1. The fraction of sp³-hybridized carbons (Fsp3) is 0.286. The van der Waals surface area contributed by atoms with Crippen LogP contribution in [-0.4, -0.2) is 29.5 Å². The van der Waals surface area contributed by atoms with Crippen molar-refractivity contribution in [1.29, 1.82) is 0 Å². The third kappa shape index (κ3) is 4.88. The first kappa shape index (κ1) is 20.3. The van der Waals surface area contributed by atoms with Crippen molar-refractivity contribution in [2.24, 2.45) is 0 Å². The van der Waals surface area contributed by atoms with Crippen molar-refractivity contribution in [3.05, 3.63) is 52.4 Å². The van der Waals surface area contributed by atoms with Gasteiger partial charge in [0.25, 0.3) is 5.91 Å². The van der Waals surface area contributed by atoms with Crippen molar-refractivity contribution in [1.82, 2.24) is 10.3 Å². The van der Waals surface area contributed by atoms with E-state index in [1.807, 2.05) is 37.3 Å². The van der Waals surface area contributed by atoms with Gasteiger partial charge in [0.1, 0.15) is 0 Å². The van der Waals surface area contributed by atoms with Crippen LogP contribution in [0.1, 0.15) is 37.0 Å². The van der Waals surface area contributed by atoms with E-state index in [1.165, 1.54) is 11.3 Å². The highest BCUT2D eigenvalue weighted by atomic mass is 35.5. The summed E-state index contributed by atoms with van der Waals surface area (Å²) in [5.41, 5.74) is 1.69. The van der Waals surface area contributed by atoms with Crippen molar-refractivity contribution < 1.29 is 14.3 Å². The minimum absolute atomic E-state index is 0.0492. The van der Waals surface area contributed by atoms with E-state index in [4.69, 9.17) is 16.3 Å². The van der Waals surface area contributed by atoms with E-state index in [1.54, 1.807) is 12.1 Å². The average molecular weight is 417 g/mol. The van der Waals surface area contributed by atoms with Crippen LogP contribution in [0.25, 0.3) is 21.5 Å². The third-order valence-corrected chi connectivity index (χ3v) is 5.48. The van der Waals surface area contributed by atoms with Gasteiger partial charge < -0.3 is 10.1 Å². The molecule has 0 aliphatic heterocycles. The molecule has 0 saturated heterocycles. The van der Waals surface area contributed by atoms with Gasteiger partial charge in [-0.3, -0.25) is 4.79 Å². The van der Waals surface area contributed by atoms with Crippen LogP contribution in [0, 0.1) is 0 Å². The summed E-state index contributed by atoms with van der Waals surface area (Å²) in [4.78, 5) is 30.2. The fourth-order valence-corrected chi connectivity index (χ4v) is 3.96. The maximum absolute atomic E-state index is 12.7. The number of hydrogen-bond acceptors (Lipinski definition) is 5. The van der Waals surface area contributed by atoms with Gasteiger partial charge in [0.05, 0.1) is 26.0 Å². The van der Waals surface area contributed by atoms with Gasteiger partial charge in [0.15, 0.2) is 6.61 Å². The van der Waals surface area contributed by atoms with E-state index < -0.39 is 5.97 Å². The van der Waals surface area contributed by atoms with Gasteiger partial charge >= 0.3 is 5.97 Å². The van der Waals surface area contributed by atoms with E-state index in [9.17, 15) is 9.59 Å². The number of benzene rings is 1. The van der Waals surface area contributed by atoms with E-state index in [0.29, 0.717) is 26.5 Å². The van der Waals surface area contributed by atoms with E-state index in [0.717, 1.165) is 17.7 Å². The van der Waals surface area contributed by atoms with Crippen molar-refractivity contribution >= 4 is 45.7 Å². The number of pyridine rings is 1. The Labute approximate surface area is 172 Å². The molecule has 28 heavy (non-hydrogen) atoms. The minimum Gasteiger partial charge on any atom is -0.452 e. The predicted molar refractivity (Wildman–Crippen MR) is 113 cm³/mol. The van der Waals surface area contributed by atoms with Crippen LogP contribution in [0.15, 0.2) is 42.5 Å². The molecule has 0 saturated carbocycles. The summed E-state index contributed by atoms with van der Waals surface area (Å²) in [6.45, 7) is 3.66. The van der Waals surface area contributed by atoms with Gasteiger partial charge in [-0.2, -0.15) is 0 Å². The molecule has 146 valence electrons. The lowest BCUT2D eigenvalue weighted by atomic mass is 10.1. The van der Waals surface area contributed by atoms with Gasteiger partial charge in [-0.1, -0.05) is 43.1 Å². The number of halogens is 1. The van der Waals surface area contributed by atoms with Gasteiger partial charge in [-0.05, 0) is 37.6 Å². The Kier molecular flexibility index (Phi) is 6.65. The normalized spacial score (nSPS) is 12.0. The first-order chi connectivity index (χ1) is 13.5. The number of nitrogens with one attached hydrogen (secondary N) is 1. The highest BCUT2D eigenvalue weighted by molar-refractivity contribution is 7.19. The Balaban J connectivity index is 1.83. The fourth-order valence-electron chi connectivity index (χ4n) is 2.95. The van der Waals surface area contributed by atoms with Gasteiger partial charge in [0, 0.05) is 11.4 Å². The smallest absolute Gasteiger partial charge is 0.339 e. The molecule has 2 heterocycles. The molecule has 0 radical (unpaired) electrons. The number of ether oxygens (including phenoxy) is 1. The van der Waals surface area contributed by atoms with Gasteiger partial charge in [-0.15, -0.1) is 11.3 Å². The maximum Gasteiger partial charge on any atom is 0.339 e. The lowest BCUT2D eigenvalue weighted by Gasteiger charge is -2.13. The summed E-state index contributed by atoms with van der Waals surface area (Å²) in [6, 6.07) is 12.7. The standard InChI is InChI=1S/C21H21ClN2O3S/c1-3-6-13(2)23-20(25)12-27-21(26)15-11-17(18-9-10-19(22)28-18)24-16-8-5-4-7-14(15)16/h4-5,7-11,13H,3,6,12H2,1-2H3,(H,23,25). The Morgan fingerprint density at radius 3 is 2.75 bits per heavy atom. The molecule has 0 fully saturated rings. The molecular weight excluding hydrogens is 396 g/mol. The SMILES string of the molecule is CCCC(C)NC(=O)COC(=O)c1cc(-c2ccc(Cl)s2)nc2ccccc12. The molecule has 1 N–H and O–H groups in total. The van der Waals surface area contributed by atoms with E-state index in [-0.39, 0.29) is 18.6 Å². The summed E-state index contributed by atoms with van der Waals surface area (Å²) in [6.07, 6.45) is 1.85. The van der Waals surface area contributed by atoms with Crippen LogP contribution in [0.2, 0.25) is 4.34 Å². The molecule has 5 nitrogen and oxygen atoms in total. The van der Waals surface area contributed by atoms with Crippen LogP contribution in [0.4, 0.5) is 0 Å². The number of aromatic nitrogens is 1. The molecule has 1 amide bonds. The zero-order chi connectivity index (χ0) is 20.1. The van der Waals surface area contributed by atoms with Crippen LogP contribution >= 0.6 is 22.9 Å². The number of hydrogen-bond donors (Lipinski definition) is 1. The number of nitrogens with zero attached hydrogens (tertiary/aromatic N) is 1. The second-order valence-corrected chi connectivity index (χ2v) is 8.22. The summed E-state index contributed by atoms with van der Waals surface area (Å²) < 4.78 is 5.92. The number of fused-ring (bicyclic) bond motifs is 1. The summed E-state index contributed by atoms with van der Waals surface area (Å²) >= 11 is 7.42. The molecule has 2 aromatic heterocycles. The maximum atomic E-state index is 12.7. The highest BCUT2D eigenvalue weighted by Crippen LogP contribution is 2.32. The van der Waals surface area contributed by atoms with Crippen LogP contribution < -0.4 is 5.32 Å². The molecule has 0 spiro atoms. The van der Waals surface area contributed by atoms with E-state index >= 15 is 0 Å². The zero-order valence-electron chi connectivity index (χ0n) is 15.7. The zero-order valence-corrected chi connectivity index (χ0v) is 17.3. The number of carbonyl (C=O) groups excluding carboxylic acids is 2. The number of amides is 1. The first-order valence-corrected chi connectivity index (χ1v) is 10.3. The molecule has 3 rings (SSSR count). The highest BCUT2D eigenvalue weighted by Gasteiger charge is 2.17. The second-order valence-electron chi connectivity index (χ2n) is 6.51. The summed E-state index contributed by atoms with van der Waals surface area (Å²) in [5.74, 6) is -0.862. The van der Waals surface area contributed by atoms with E-state index in [2.05, 4.69) is 17.2 Å². The summed E-state index contributed by atoms with van der Waals surface area (Å²) in [7, 11) is 0. The van der Waals surface area contributed by atoms with Gasteiger partial charge in [-0.25, -0.2) is 9.78 Å². The average Bonchev–Trinajstić information content (AvgIpc) is 3.11. The quantitative estimate of drug-likeness (QED) is 0.545. The molecule has 1 aromatic carbocycles. The Hall–Kier alpha value is -2.44. The van der Waals surface area contributed by atoms with Crippen LogP contribution in [0.5, 0.6) is 0 Å². The Morgan fingerprint density at radius 2 is 2.04 bits per heavy atom.